The zero-order valence-electron chi connectivity index (χ0n) is 12.2. The fraction of sp³-hybridized carbons (Fsp3) is 1.00. The Bertz CT molecular complexity index is 227. The van der Waals surface area contributed by atoms with Crippen LogP contribution in [0.15, 0.2) is 0 Å². The minimum absolute atomic E-state index is 0.614. The molecule has 0 aliphatic carbocycles. The summed E-state index contributed by atoms with van der Waals surface area (Å²) in [6, 6.07) is 0.679. The Kier molecular flexibility index (Phi) is 5.93. The number of hydrogen-bond donors (Lipinski definition) is 1. The van der Waals surface area contributed by atoms with Gasteiger partial charge in [0.2, 0.25) is 0 Å². The number of nitrogens with one attached hydrogen (secondary N) is 1. The average Bonchev–Trinajstić information content (AvgIpc) is 2.39. The van der Waals surface area contributed by atoms with Gasteiger partial charge >= 0.3 is 0 Å². The van der Waals surface area contributed by atoms with E-state index in [1.54, 1.807) is 0 Å². The van der Waals surface area contributed by atoms with Crippen LogP contribution < -0.4 is 5.32 Å². The summed E-state index contributed by atoms with van der Waals surface area (Å²) in [7, 11) is 0. The maximum absolute atomic E-state index is 5.45. The van der Waals surface area contributed by atoms with Crippen molar-refractivity contribution >= 4 is 0 Å². The average molecular weight is 254 g/mol. The first kappa shape index (κ1) is 14.3. The van der Waals surface area contributed by atoms with Crippen molar-refractivity contribution in [2.45, 2.75) is 64.6 Å². The third-order valence-corrected chi connectivity index (χ3v) is 4.42. The Hall–Kier alpha value is -0.120. The van der Waals surface area contributed by atoms with Gasteiger partial charge in [-0.1, -0.05) is 20.3 Å². The molecule has 0 bridgehead atoms. The maximum Gasteiger partial charge on any atom is 0.0601 e. The monoisotopic (exact) mass is 254 g/mol. The van der Waals surface area contributed by atoms with Crippen molar-refractivity contribution in [3.63, 3.8) is 0 Å². The largest absolute Gasteiger partial charge is 0.381 e. The van der Waals surface area contributed by atoms with Crippen molar-refractivity contribution in [3.05, 3.63) is 0 Å². The SMILES string of the molecule is CCCCN1CCC(C)CC1NC1CCOCC1. The fourth-order valence-corrected chi connectivity index (χ4v) is 3.13. The first-order chi connectivity index (χ1) is 8.79. The van der Waals surface area contributed by atoms with Gasteiger partial charge in [0.25, 0.3) is 0 Å². The summed E-state index contributed by atoms with van der Waals surface area (Å²) in [5, 5.41) is 3.89. The van der Waals surface area contributed by atoms with Crippen molar-refractivity contribution < 1.29 is 4.74 Å². The van der Waals surface area contributed by atoms with Gasteiger partial charge in [-0.25, -0.2) is 0 Å². The highest BCUT2D eigenvalue weighted by atomic mass is 16.5. The number of unbranched alkanes of at least 4 members (excludes halogenated alkanes) is 1. The molecular weight excluding hydrogens is 224 g/mol. The van der Waals surface area contributed by atoms with Crippen LogP contribution in [-0.2, 0) is 4.74 Å². The van der Waals surface area contributed by atoms with Gasteiger partial charge in [0, 0.05) is 19.3 Å². The van der Waals surface area contributed by atoms with Crippen LogP contribution in [0.1, 0.15) is 52.4 Å². The van der Waals surface area contributed by atoms with E-state index < -0.39 is 0 Å². The molecule has 2 atom stereocenters. The molecule has 0 aromatic carbocycles. The van der Waals surface area contributed by atoms with Crippen molar-refractivity contribution in [2.24, 2.45) is 5.92 Å². The van der Waals surface area contributed by atoms with E-state index in [1.165, 1.54) is 51.6 Å². The summed E-state index contributed by atoms with van der Waals surface area (Å²) < 4.78 is 5.45. The zero-order valence-corrected chi connectivity index (χ0v) is 12.2. The lowest BCUT2D eigenvalue weighted by Gasteiger charge is -2.41. The highest BCUT2D eigenvalue weighted by molar-refractivity contribution is 4.82. The second-order valence-electron chi connectivity index (χ2n) is 6.09. The summed E-state index contributed by atoms with van der Waals surface area (Å²) >= 11 is 0. The van der Waals surface area contributed by atoms with Crippen molar-refractivity contribution in [2.75, 3.05) is 26.3 Å². The van der Waals surface area contributed by atoms with E-state index in [0.717, 1.165) is 19.1 Å². The van der Waals surface area contributed by atoms with Crippen LogP contribution in [0.3, 0.4) is 0 Å². The van der Waals surface area contributed by atoms with Gasteiger partial charge in [-0.3, -0.25) is 10.2 Å². The molecule has 2 heterocycles. The molecule has 1 N–H and O–H groups in total. The lowest BCUT2D eigenvalue weighted by atomic mass is 9.95. The Morgan fingerprint density at radius 1 is 1.22 bits per heavy atom. The van der Waals surface area contributed by atoms with Crippen LogP contribution in [-0.4, -0.2) is 43.4 Å². The van der Waals surface area contributed by atoms with E-state index in [4.69, 9.17) is 4.74 Å². The Balaban J connectivity index is 1.83. The van der Waals surface area contributed by atoms with Gasteiger partial charge in [-0.05, 0) is 51.1 Å². The number of likely N-dealkylation sites (tertiary alicyclic amines) is 1. The van der Waals surface area contributed by atoms with E-state index in [9.17, 15) is 0 Å². The molecule has 3 heteroatoms. The normalized spacial score (nSPS) is 31.7. The molecule has 0 saturated carbocycles. The van der Waals surface area contributed by atoms with Crippen LogP contribution >= 0.6 is 0 Å². The number of hydrogen-bond acceptors (Lipinski definition) is 3. The summed E-state index contributed by atoms with van der Waals surface area (Å²) in [5.74, 6) is 0.875. The fourth-order valence-electron chi connectivity index (χ4n) is 3.13. The molecule has 2 rings (SSSR count). The summed E-state index contributed by atoms with van der Waals surface area (Å²) in [6.45, 7) is 9.11. The quantitative estimate of drug-likeness (QED) is 0.816. The van der Waals surface area contributed by atoms with E-state index in [2.05, 4.69) is 24.1 Å². The molecule has 2 aliphatic rings. The number of ether oxygens (including phenoxy) is 1. The molecule has 2 fully saturated rings. The van der Waals surface area contributed by atoms with Gasteiger partial charge in [-0.2, -0.15) is 0 Å². The van der Waals surface area contributed by atoms with E-state index in [-0.39, 0.29) is 0 Å². The van der Waals surface area contributed by atoms with E-state index >= 15 is 0 Å². The Labute approximate surface area is 112 Å². The Morgan fingerprint density at radius 2 is 2.00 bits per heavy atom. The van der Waals surface area contributed by atoms with Crippen molar-refractivity contribution in [1.82, 2.24) is 10.2 Å². The van der Waals surface area contributed by atoms with Crippen LogP contribution in [0.5, 0.6) is 0 Å². The second kappa shape index (κ2) is 7.46. The third kappa shape index (κ3) is 4.22. The third-order valence-electron chi connectivity index (χ3n) is 4.42. The van der Waals surface area contributed by atoms with Gasteiger partial charge in [0.15, 0.2) is 0 Å². The molecule has 0 spiro atoms. The van der Waals surface area contributed by atoms with Crippen LogP contribution in [0.2, 0.25) is 0 Å². The predicted octanol–water partition coefficient (Wildman–Crippen LogP) is 2.61. The molecule has 2 aliphatic heterocycles. The number of nitrogens with zero attached hydrogens (tertiary/aromatic N) is 1. The molecule has 3 nitrogen and oxygen atoms in total. The van der Waals surface area contributed by atoms with E-state index in [0.29, 0.717) is 12.2 Å². The minimum Gasteiger partial charge on any atom is -0.381 e. The van der Waals surface area contributed by atoms with Crippen molar-refractivity contribution in [3.8, 4) is 0 Å². The standard InChI is InChI=1S/C15H30N2O/c1-3-4-8-17-9-5-13(2)12-15(17)16-14-6-10-18-11-7-14/h13-16H,3-12H2,1-2H3. The van der Waals surface area contributed by atoms with E-state index in [1.807, 2.05) is 0 Å². The Morgan fingerprint density at radius 3 is 2.72 bits per heavy atom. The highest BCUT2D eigenvalue weighted by Crippen LogP contribution is 2.22. The molecule has 2 unspecified atom stereocenters. The summed E-state index contributed by atoms with van der Waals surface area (Å²) in [4.78, 5) is 2.68. The smallest absolute Gasteiger partial charge is 0.0601 e. The lowest BCUT2D eigenvalue weighted by molar-refractivity contribution is 0.0413. The van der Waals surface area contributed by atoms with Gasteiger partial charge < -0.3 is 4.74 Å². The van der Waals surface area contributed by atoms with Gasteiger partial charge in [0.1, 0.15) is 0 Å². The predicted molar refractivity (Wildman–Crippen MR) is 75.6 cm³/mol. The van der Waals surface area contributed by atoms with Crippen molar-refractivity contribution in [1.29, 1.82) is 0 Å². The lowest BCUT2D eigenvalue weighted by Crippen LogP contribution is -2.54. The molecule has 2 saturated heterocycles. The van der Waals surface area contributed by atoms with Crippen LogP contribution in [0.25, 0.3) is 0 Å². The molecule has 0 aromatic rings. The molecule has 106 valence electrons. The molecular formula is C15H30N2O. The van der Waals surface area contributed by atoms with Gasteiger partial charge in [-0.15, -0.1) is 0 Å². The van der Waals surface area contributed by atoms with Crippen LogP contribution in [0, 0.1) is 5.92 Å². The summed E-state index contributed by atoms with van der Waals surface area (Å²) in [6.07, 6.45) is 8.31. The summed E-state index contributed by atoms with van der Waals surface area (Å²) in [5.41, 5.74) is 0. The first-order valence-electron chi connectivity index (χ1n) is 7.87. The molecule has 0 radical (unpaired) electrons. The highest BCUT2D eigenvalue weighted by Gasteiger charge is 2.28. The topological polar surface area (TPSA) is 24.5 Å². The number of piperidine rings is 1. The zero-order chi connectivity index (χ0) is 12.8. The first-order valence-corrected chi connectivity index (χ1v) is 7.87. The van der Waals surface area contributed by atoms with Gasteiger partial charge in [0.05, 0.1) is 6.17 Å². The number of rotatable bonds is 5. The molecule has 18 heavy (non-hydrogen) atoms. The van der Waals surface area contributed by atoms with Crippen LogP contribution in [0.4, 0.5) is 0 Å². The maximum atomic E-state index is 5.45. The molecule has 0 amide bonds. The second-order valence-corrected chi connectivity index (χ2v) is 6.09. The minimum atomic E-state index is 0.614. The molecule has 0 aromatic heterocycles.